The van der Waals surface area contributed by atoms with Gasteiger partial charge in [0, 0.05) is 6.04 Å². The van der Waals surface area contributed by atoms with Crippen molar-refractivity contribution in [1.29, 1.82) is 0 Å². The highest BCUT2D eigenvalue weighted by Gasteiger charge is 2.21. The van der Waals surface area contributed by atoms with Gasteiger partial charge in [-0.25, -0.2) is 9.59 Å². The molecule has 0 aromatic carbocycles. The zero-order valence-corrected chi connectivity index (χ0v) is 9.63. The quantitative estimate of drug-likeness (QED) is 0.544. The highest BCUT2D eigenvalue weighted by molar-refractivity contribution is 7.99. The van der Waals surface area contributed by atoms with Crippen LogP contribution in [0.1, 0.15) is 12.8 Å². The number of urea groups is 1. The number of aliphatic carboxylic acids is 1. The van der Waals surface area contributed by atoms with E-state index in [0.717, 1.165) is 24.3 Å². The second kappa shape index (κ2) is 6.59. The first-order chi connectivity index (χ1) is 7.63. The molecule has 1 rings (SSSR count). The zero-order chi connectivity index (χ0) is 12.0. The summed E-state index contributed by atoms with van der Waals surface area (Å²) in [5.74, 6) is 0.775. The number of thioether (sulfide) groups is 1. The van der Waals surface area contributed by atoms with Gasteiger partial charge in [-0.1, -0.05) is 0 Å². The van der Waals surface area contributed by atoms with E-state index in [1.807, 2.05) is 11.8 Å². The molecule has 0 spiro atoms. The lowest BCUT2D eigenvalue weighted by Gasteiger charge is -2.23. The molecule has 16 heavy (non-hydrogen) atoms. The second-order valence-corrected chi connectivity index (χ2v) is 4.80. The fourth-order valence-electron chi connectivity index (χ4n) is 1.41. The van der Waals surface area contributed by atoms with Crippen LogP contribution < -0.4 is 10.6 Å². The first kappa shape index (κ1) is 13.1. The van der Waals surface area contributed by atoms with Gasteiger partial charge in [0.15, 0.2) is 6.04 Å². The molecule has 1 atom stereocenters. The number of aliphatic hydroxyl groups is 1. The fraction of sp³-hybridized carbons (Fsp3) is 0.778. The van der Waals surface area contributed by atoms with Crippen LogP contribution in [0.2, 0.25) is 0 Å². The summed E-state index contributed by atoms with van der Waals surface area (Å²) >= 11 is 1.84. The van der Waals surface area contributed by atoms with Crippen LogP contribution in [0.15, 0.2) is 0 Å². The highest BCUT2D eigenvalue weighted by atomic mass is 32.2. The number of hydrogen-bond acceptors (Lipinski definition) is 4. The molecule has 0 aromatic heterocycles. The summed E-state index contributed by atoms with van der Waals surface area (Å²) in [6.45, 7) is -0.608. The van der Waals surface area contributed by atoms with Gasteiger partial charge < -0.3 is 20.8 Å². The normalized spacial score (nSPS) is 18.8. The molecule has 0 aliphatic carbocycles. The Morgan fingerprint density at radius 3 is 2.50 bits per heavy atom. The Hall–Kier alpha value is -0.950. The molecule has 92 valence electrons. The van der Waals surface area contributed by atoms with Gasteiger partial charge in [0.25, 0.3) is 0 Å². The summed E-state index contributed by atoms with van der Waals surface area (Å²) in [5.41, 5.74) is 0. The third kappa shape index (κ3) is 4.28. The lowest BCUT2D eigenvalue weighted by Crippen LogP contribution is -2.51. The van der Waals surface area contributed by atoms with E-state index in [-0.39, 0.29) is 6.04 Å². The van der Waals surface area contributed by atoms with E-state index in [1.54, 1.807) is 0 Å². The largest absolute Gasteiger partial charge is 0.480 e. The number of nitrogens with one attached hydrogen (secondary N) is 2. The molecule has 6 nitrogen and oxygen atoms in total. The molecule has 1 unspecified atom stereocenters. The van der Waals surface area contributed by atoms with E-state index < -0.39 is 24.6 Å². The molecule has 0 radical (unpaired) electrons. The van der Waals surface area contributed by atoms with Gasteiger partial charge in [-0.15, -0.1) is 0 Å². The Bertz CT molecular complexity index is 256. The molecule has 1 heterocycles. The predicted molar refractivity (Wildman–Crippen MR) is 60.5 cm³/mol. The van der Waals surface area contributed by atoms with E-state index in [2.05, 4.69) is 10.6 Å². The highest BCUT2D eigenvalue weighted by Crippen LogP contribution is 2.16. The summed E-state index contributed by atoms with van der Waals surface area (Å²) in [6.07, 6.45) is 1.80. The molecule has 7 heteroatoms. The average molecular weight is 248 g/mol. The predicted octanol–water partition coefficient (Wildman–Crippen LogP) is -0.373. The van der Waals surface area contributed by atoms with Gasteiger partial charge in [0.2, 0.25) is 0 Å². The molecule has 2 amide bonds. The number of amides is 2. The van der Waals surface area contributed by atoms with Gasteiger partial charge >= 0.3 is 12.0 Å². The molecule has 1 saturated heterocycles. The van der Waals surface area contributed by atoms with Crippen LogP contribution in [-0.4, -0.2) is 52.4 Å². The van der Waals surface area contributed by atoms with Gasteiger partial charge in [0.05, 0.1) is 6.61 Å². The van der Waals surface area contributed by atoms with Gasteiger partial charge in [-0.05, 0) is 24.3 Å². The minimum absolute atomic E-state index is 0.106. The third-order valence-electron chi connectivity index (χ3n) is 2.34. The SMILES string of the molecule is O=C(NC1CCSCC1)NC(CO)C(=O)O. The summed E-state index contributed by atoms with van der Waals surface area (Å²) in [4.78, 5) is 21.9. The summed E-state index contributed by atoms with van der Waals surface area (Å²) in [6, 6.07) is -1.66. The number of aliphatic hydroxyl groups excluding tert-OH is 1. The first-order valence-corrected chi connectivity index (χ1v) is 6.27. The van der Waals surface area contributed by atoms with Crippen molar-refractivity contribution in [2.24, 2.45) is 0 Å². The van der Waals surface area contributed by atoms with Crippen molar-refractivity contribution in [3.05, 3.63) is 0 Å². The first-order valence-electron chi connectivity index (χ1n) is 5.12. The summed E-state index contributed by atoms with van der Waals surface area (Å²) in [7, 11) is 0. The van der Waals surface area contributed by atoms with E-state index >= 15 is 0 Å². The molecule has 4 N–H and O–H groups in total. The van der Waals surface area contributed by atoms with Crippen LogP contribution in [-0.2, 0) is 4.79 Å². The Kier molecular flexibility index (Phi) is 5.41. The van der Waals surface area contributed by atoms with E-state index in [0.29, 0.717) is 0 Å². The monoisotopic (exact) mass is 248 g/mol. The number of carbonyl (C=O) groups excluding carboxylic acids is 1. The molecule has 1 aliphatic heterocycles. The summed E-state index contributed by atoms with van der Waals surface area (Å²) in [5, 5.41) is 22.3. The molecule has 0 saturated carbocycles. The number of carboxylic acids is 1. The molecule has 0 aromatic rings. The van der Waals surface area contributed by atoms with Crippen LogP contribution in [0.5, 0.6) is 0 Å². The number of rotatable bonds is 4. The zero-order valence-electron chi connectivity index (χ0n) is 8.81. The van der Waals surface area contributed by atoms with E-state index in [4.69, 9.17) is 10.2 Å². The lowest BCUT2D eigenvalue weighted by atomic mass is 10.1. The van der Waals surface area contributed by atoms with Crippen LogP contribution >= 0.6 is 11.8 Å². The minimum atomic E-state index is -1.24. The molecule has 1 aliphatic rings. The fourth-order valence-corrected chi connectivity index (χ4v) is 2.52. The van der Waals surface area contributed by atoms with Crippen molar-refractivity contribution in [2.75, 3.05) is 18.1 Å². The van der Waals surface area contributed by atoms with E-state index in [9.17, 15) is 9.59 Å². The van der Waals surface area contributed by atoms with Gasteiger partial charge in [-0.3, -0.25) is 0 Å². The summed E-state index contributed by atoms with van der Waals surface area (Å²) < 4.78 is 0. The lowest BCUT2D eigenvalue weighted by molar-refractivity contribution is -0.140. The maximum absolute atomic E-state index is 11.4. The molecule has 0 bridgehead atoms. The smallest absolute Gasteiger partial charge is 0.328 e. The second-order valence-electron chi connectivity index (χ2n) is 3.58. The van der Waals surface area contributed by atoms with Crippen molar-refractivity contribution >= 4 is 23.8 Å². The van der Waals surface area contributed by atoms with Gasteiger partial charge in [0.1, 0.15) is 0 Å². The van der Waals surface area contributed by atoms with Crippen LogP contribution in [0.25, 0.3) is 0 Å². The Morgan fingerprint density at radius 2 is 2.00 bits per heavy atom. The topological polar surface area (TPSA) is 98.7 Å². The van der Waals surface area contributed by atoms with Crippen molar-refractivity contribution in [3.8, 4) is 0 Å². The van der Waals surface area contributed by atoms with Crippen molar-refractivity contribution < 1.29 is 19.8 Å². The maximum Gasteiger partial charge on any atom is 0.328 e. The average Bonchev–Trinajstić information content (AvgIpc) is 2.27. The van der Waals surface area contributed by atoms with Crippen LogP contribution in [0, 0.1) is 0 Å². The van der Waals surface area contributed by atoms with Crippen LogP contribution in [0.4, 0.5) is 4.79 Å². The number of carboxylic acid groups (broad SMARTS) is 1. The maximum atomic E-state index is 11.4. The molecular weight excluding hydrogens is 232 g/mol. The van der Waals surface area contributed by atoms with Crippen molar-refractivity contribution in [3.63, 3.8) is 0 Å². The minimum Gasteiger partial charge on any atom is -0.480 e. The Morgan fingerprint density at radius 1 is 1.38 bits per heavy atom. The third-order valence-corrected chi connectivity index (χ3v) is 3.39. The number of hydrogen-bond donors (Lipinski definition) is 4. The van der Waals surface area contributed by atoms with Crippen LogP contribution in [0.3, 0.4) is 0 Å². The Balaban J connectivity index is 2.31. The van der Waals surface area contributed by atoms with Crippen molar-refractivity contribution in [2.45, 2.75) is 24.9 Å². The number of carbonyl (C=O) groups is 2. The van der Waals surface area contributed by atoms with Gasteiger partial charge in [-0.2, -0.15) is 11.8 Å². The van der Waals surface area contributed by atoms with E-state index in [1.165, 1.54) is 0 Å². The molecule has 1 fully saturated rings. The Labute approximate surface area is 97.8 Å². The van der Waals surface area contributed by atoms with Crippen molar-refractivity contribution in [1.82, 2.24) is 10.6 Å². The standard InChI is InChI=1S/C9H16N2O4S/c12-5-7(8(13)14)11-9(15)10-6-1-3-16-4-2-6/h6-7,12H,1-5H2,(H,13,14)(H2,10,11,15). The molecular formula is C9H16N2O4S.